The first-order valence-corrected chi connectivity index (χ1v) is 11.1. The number of aromatic amines is 1. The number of nitro benzene ring substituents is 1. The molecule has 1 N–H and O–H groups in total. The molecule has 146 valence electrons. The number of piperidine rings is 1. The lowest BCUT2D eigenvalue weighted by atomic mass is 9.94. The molecule has 0 saturated carbocycles. The summed E-state index contributed by atoms with van der Waals surface area (Å²) in [7, 11) is -3.91. The lowest BCUT2D eigenvalue weighted by Gasteiger charge is -2.30. The SMILES string of the molecule is O=[N+]([O-])c1ccccc1S(=O)(=O)N1CCC(c2cc(-c3cccs3)n[nH]2)CC1. The minimum Gasteiger partial charge on any atom is -0.282 e. The van der Waals surface area contributed by atoms with Gasteiger partial charge in [-0.3, -0.25) is 15.2 Å². The van der Waals surface area contributed by atoms with E-state index in [1.54, 1.807) is 11.3 Å². The van der Waals surface area contributed by atoms with Crippen molar-refractivity contribution in [3.05, 3.63) is 63.7 Å². The Hall–Kier alpha value is -2.56. The van der Waals surface area contributed by atoms with Crippen molar-refractivity contribution in [2.75, 3.05) is 13.1 Å². The molecular weight excluding hydrogens is 400 g/mol. The van der Waals surface area contributed by atoms with Gasteiger partial charge in [0.15, 0.2) is 4.90 Å². The van der Waals surface area contributed by atoms with E-state index < -0.39 is 20.6 Å². The second-order valence-electron chi connectivity index (χ2n) is 6.59. The van der Waals surface area contributed by atoms with Crippen molar-refractivity contribution in [3.8, 4) is 10.6 Å². The molecule has 1 aliphatic heterocycles. The van der Waals surface area contributed by atoms with Crippen molar-refractivity contribution < 1.29 is 13.3 Å². The first-order valence-electron chi connectivity index (χ1n) is 8.79. The topological polar surface area (TPSA) is 109 Å². The minimum absolute atomic E-state index is 0.179. The fourth-order valence-corrected chi connectivity index (χ4v) is 5.78. The lowest BCUT2D eigenvalue weighted by Crippen LogP contribution is -2.38. The summed E-state index contributed by atoms with van der Waals surface area (Å²) in [6.45, 7) is 0.624. The van der Waals surface area contributed by atoms with Crippen molar-refractivity contribution in [2.24, 2.45) is 0 Å². The molecule has 28 heavy (non-hydrogen) atoms. The van der Waals surface area contributed by atoms with Crippen LogP contribution in [0.1, 0.15) is 24.5 Å². The molecule has 4 rings (SSSR count). The molecule has 0 aliphatic carbocycles. The Balaban J connectivity index is 1.49. The highest BCUT2D eigenvalue weighted by Gasteiger charge is 2.34. The molecule has 10 heteroatoms. The third-order valence-corrected chi connectivity index (χ3v) is 7.78. The summed E-state index contributed by atoms with van der Waals surface area (Å²) in [5.74, 6) is 0.179. The Bertz CT molecular complexity index is 1080. The van der Waals surface area contributed by atoms with E-state index in [-0.39, 0.29) is 10.8 Å². The summed E-state index contributed by atoms with van der Waals surface area (Å²) in [6.07, 6.45) is 1.26. The van der Waals surface area contributed by atoms with E-state index in [9.17, 15) is 18.5 Å². The maximum absolute atomic E-state index is 12.9. The molecule has 8 nitrogen and oxygen atoms in total. The van der Waals surface area contributed by atoms with E-state index in [0.717, 1.165) is 16.3 Å². The molecule has 0 bridgehead atoms. The van der Waals surface area contributed by atoms with Gasteiger partial charge in [-0.2, -0.15) is 9.40 Å². The summed E-state index contributed by atoms with van der Waals surface area (Å²) in [5, 5.41) is 20.6. The Morgan fingerprint density at radius 2 is 1.93 bits per heavy atom. The highest BCUT2D eigenvalue weighted by atomic mass is 32.2. The molecule has 1 saturated heterocycles. The molecule has 2 aromatic heterocycles. The smallest absolute Gasteiger partial charge is 0.282 e. The number of thiophene rings is 1. The monoisotopic (exact) mass is 418 g/mol. The van der Waals surface area contributed by atoms with Gasteiger partial charge in [0.05, 0.1) is 9.80 Å². The van der Waals surface area contributed by atoms with Gasteiger partial charge < -0.3 is 0 Å². The van der Waals surface area contributed by atoms with Gasteiger partial charge in [-0.15, -0.1) is 11.3 Å². The second-order valence-corrected chi connectivity index (χ2v) is 9.44. The highest BCUT2D eigenvalue weighted by Crippen LogP contribution is 2.34. The van der Waals surface area contributed by atoms with Crippen LogP contribution in [0.2, 0.25) is 0 Å². The molecule has 3 aromatic rings. The first-order chi connectivity index (χ1) is 13.5. The lowest BCUT2D eigenvalue weighted by molar-refractivity contribution is -0.387. The minimum atomic E-state index is -3.91. The van der Waals surface area contributed by atoms with Crippen molar-refractivity contribution in [1.29, 1.82) is 0 Å². The molecule has 1 aliphatic rings. The van der Waals surface area contributed by atoms with Crippen LogP contribution < -0.4 is 0 Å². The van der Waals surface area contributed by atoms with Crippen molar-refractivity contribution in [3.63, 3.8) is 0 Å². The first kappa shape index (κ1) is 18.8. The van der Waals surface area contributed by atoms with Crippen LogP contribution in [0, 0.1) is 10.1 Å². The van der Waals surface area contributed by atoms with E-state index >= 15 is 0 Å². The molecule has 1 fully saturated rings. The fraction of sp³-hybridized carbons (Fsp3) is 0.278. The van der Waals surface area contributed by atoms with Crippen LogP contribution in [0.5, 0.6) is 0 Å². The summed E-state index contributed by atoms with van der Waals surface area (Å²) in [6, 6.07) is 11.5. The third kappa shape index (κ3) is 3.46. The highest BCUT2D eigenvalue weighted by molar-refractivity contribution is 7.89. The number of aromatic nitrogens is 2. The Morgan fingerprint density at radius 3 is 2.61 bits per heavy atom. The molecule has 0 radical (unpaired) electrons. The molecule has 1 aromatic carbocycles. The number of hydrogen-bond acceptors (Lipinski definition) is 6. The third-order valence-electron chi connectivity index (χ3n) is 4.94. The number of nitrogens with one attached hydrogen (secondary N) is 1. The van der Waals surface area contributed by atoms with Crippen LogP contribution in [0.3, 0.4) is 0 Å². The number of rotatable bonds is 5. The van der Waals surface area contributed by atoms with Crippen molar-refractivity contribution in [1.82, 2.24) is 14.5 Å². The van der Waals surface area contributed by atoms with Crippen molar-refractivity contribution in [2.45, 2.75) is 23.7 Å². The van der Waals surface area contributed by atoms with Gasteiger partial charge in [0.1, 0.15) is 5.69 Å². The van der Waals surface area contributed by atoms with Gasteiger partial charge >= 0.3 is 0 Å². The van der Waals surface area contributed by atoms with Crippen molar-refractivity contribution >= 4 is 27.0 Å². The molecule has 0 unspecified atom stereocenters. The Morgan fingerprint density at radius 1 is 1.18 bits per heavy atom. The zero-order valence-electron chi connectivity index (χ0n) is 14.8. The Kier molecular flexibility index (Phi) is 5.00. The summed E-state index contributed by atoms with van der Waals surface area (Å²) >= 11 is 1.62. The van der Waals surface area contributed by atoms with Crippen LogP contribution in [0.15, 0.2) is 52.7 Å². The molecule has 0 spiro atoms. The van der Waals surface area contributed by atoms with E-state index in [0.29, 0.717) is 25.9 Å². The van der Waals surface area contributed by atoms with E-state index in [2.05, 4.69) is 10.2 Å². The quantitative estimate of drug-likeness (QED) is 0.503. The van der Waals surface area contributed by atoms with Crippen LogP contribution in [0.4, 0.5) is 5.69 Å². The zero-order valence-corrected chi connectivity index (χ0v) is 16.4. The largest absolute Gasteiger partial charge is 0.289 e. The number of hydrogen-bond donors (Lipinski definition) is 1. The van der Waals surface area contributed by atoms with Gasteiger partial charge in [0.2, 0.25) is 10.0 Å². The maximum atomic E-state index is 12.9. The van der Waals surface area contributed by atoms with Gasteiger partial charge in [-0.25, -0.2) is 8.42 Å². The standard InChI is InChI=1S/C18H18N4O4S2/c23-22(24)16-4-1-2-6-18(16)28(25,26)21-9-7-13(8-10-21)14-12-15(20-19-14)17-5-3-11-27-17/h1-6,11-13H,7-10H2,(H,19,20). The van der Waals surface area contributed by atoms with Crippen LogP contribution in [-0.4, -0.2) is 40.9 Å². The van der Waals surface area contributed by atoms with E-state index in [1.807, 2.05) is 23.6 Å². The summed E-state index contributed by atoms with van der Waals surface area (Å²) in [4.78, 5) is 11.4. The molecule has 3 heterocycles. The number of sulfonamides is 1. The predicted octanol–water partition coefficient (Wildman–Crippen LogP) is 3.61. The second kappa shape index (κ2) is 7.46. The summed E-state index contributed by atoms with van der Waals surface area (Å²) < 4.78 is 27.2. The number of nitrogens with zero attached hydrogens (tertiary/aromatic N) is 3. The molecule has 0 atom stereocenters. The van der Waals surface area contributed by atoms with E-state index in [4.69, 9.17) is 0 Å². The van der Waals surface area contributed by atoms with E-state index in [1.165, 1.54) is 28.6 Å². The van der Waals surface area contributed by atoms with Crippen LogP contribution in [-0.2, 0) is 10.0 Å². The Labute approximate surface area is 166 Å². The summed E-state index contributed by atoms with van der Waals surface area (Å²) in [5.41, 5.74) is 1.49. The predicted molar refractivity (Wildman–Crippen MR) is 106 cm³/mol. The van der Waals surface area contributed by atoms with Crippen LogP contribution in [0.25, 0.3) is 10.6 Å². The number of nitro groups is 1. The fourth-order valence-electron chi connectivity index (χ4n) is 3.47. The number of benzene rings is 1. The molecule has 0 amide bonds. The maximum Gasteiger partial charge on any atom is 0.289 e. The van der Waals surface area contributed by atoms with Gasteiger partial charge in [-0.1, -0.05) is 18.2 Å². The zero-order chi connectivity index (χ0) is 19.7. The van der Waals surface area contributed by atoms with Gasteiger partial charge in [0, 0.05) is 30.8 Å². The average Bonchev–Trinajstić information content (AvgIpc) is 3.40. The normalized spacial score (nSPS) is 16.3. The van der Waals surface area contributed by atoms with Gasteiger partial charge in [0.25, 0.3) is 5.69 Å². The molecular formula is C18H18N4O4S2. The van der Waals surface area contributed by atoms with Crippen LogP contribution >= 0.6 is 11.3 Å². The average molecular weight is 419 g/mol. The number of H-pyrrole nitrogens is 1. The van der Waals surface area contributed by atoms with Gasteiger partial charge in [-0.05, 0) is 36.4 Å². The number of para-hydroxylation sites is 1.